The highest BCUT2D eigenvalue weighted by atomic mass is 32.2. The number of hydrogen-bond acceptors (Lipinski definition) is 3. The van der Waals surface area contributed by atoms with Crippen LogP contribution in [-0.4, -0.2) is 23.5 Å². The van der Waals surface area contributed by atoms with E-state index in [1.54, 1.807) is 60.7 Å². The van der Waals surface area contributed by atoms with Crippen molar-refractivity contribution in [1.82, 2.24) is 0 Å². The number of halogens is 3. The highest BCUT2D eigenvalue weighted by Crippen LogP contribution is 2.39. The van der Waals surface area contributed by atoms with Crippen molar-refractivity contribution in [1.29, 1.82) is 0 Å². The lowest BCUT2D eigenvalue weighted by atomic mass is 9.87. The van der Waals surface area contributed by atoms with Crippen molar-refractivity contribution in [2.45, 2.75) is 41.3 Å². The second-order valence-corrected chi connectivity index (χ2v) is 9.09. The molecule has 0 aromatic heterocycles. The number of nitrogens with one attached hydrogen (secondary N) is 1. The van der Waals surface area contributed by atoms with Gasteiger partial charge < -0.3 is 10.1 Å². The van der Waals surface area contributed by atoms with Crippen molar-refractivity contribution in [2.75, 3.05) is 12.4 Å². The van der Waals surface area contributed by atoms with Gasteiger partial charge in [-0.05, 0) is 61.4 Å². The largest absolute Gasteiger partial charge is 0.497 e. The molecule has 0 fully saturated rings. The third-order valence-corrected chi connectivity index (χ3v) is 6.81. The van der Waals surface area contributed by atoms with Gasteiger partial charge in [0.05, 0.1) is 17.9 Å². The van der Waals surface area contributed by atoms with E-state index in [4.69, 9.17) is 4.74 Å². The maximum atomic E-state index is 14.3. The van der Waals surface area contributed by atoms with Crippen LogP contribution in [0.2, 0.25) is 0 Å². The Bertz CT molecular complexity index is 1100. The molecule has 174 valence electrons. The molecule has 0 radical (unpaired) electrons. The first-order chi connectivity index (χ1) is 15.7. The lowest BCUT2D eigenvalue weighted by Crippen LogP contribution is -2.41. The van der Waals surface area contributed by atoms with Gasteiger partial charge in [-0.25, -0.2) is 4.21 Å². The normalized spacial score (nSPS) is 14.2. The topological polar surface area (TPSA) is 38.3 Å². The van der Waals surface area contributed by atoms with Crippen LogP contribution >= 0.6 is 0 Å². The third-order valence-electron chi connectivity index (χ3n) is 5.34. The van der Waals surface area contributed by atoms with E-state index in [0.717, 1.165) is 5.56 Å². The number of aryl methyl sites for hydroxylation is 1. The molecule has 0 bridgehead atoms. The predicted octanol–water partition coefficient (Wildman–Crippen LogP) is 6.87. The average Bonchev–Trinajstić information content (AvgIpc) is 2.81. The molecule has 0 unspecified atom stereocenters. The van der Waals surface area contributed by atoms with E-state index in [0.29, 0.717) is 26.8 Å². The minimum atomic E-state index is -4.56. The summed E-state index contributed by atoms with van der Waals surface area (Å²) in [6.07, 6.45) is -3.05. The fourth-order valence-corrected chi connectivity index (χ4v) is 4.92. The van der Waals surface area contributed by atoms with Crippen LogP contribution in [0.1, 0.15) is 23.5 Å². The molecule has 3 nitrogen and oxygen atoms in total. The molecule has 0 aliphatic carbocycles. The Morgan fingerprint density at radius 1 is 1.03 bits per heavy atom. The van der Waals surface area contributed by atoms with Crippen molar-refractivity contribution in [3.8, 4) is 5.75 Å². The van der Waals surface area contributed by atoms with Crippen molar-refractivity contribution < 1.29 is 22.1 Å². The quantitative estimate of drug-likeness (QED) is 0.345. The van der Waals surface area contributed by atoms with E-state index in [9.17, 15) is 17.4 Å². The number of hydrogen-bond donors (Lipinski definition) is 1. The smallest absolute Gasteiger partial charge is 0.409 e. The monoisotopic (exact) mass is 473 g/mol. The molecule has 3 aromatic carbocycles. The summed E-state index contributed by atoms with van der Waals surface area (Å²) in [6.45, 7) is 5.59. The van der Waals surface area contributed by atoms with Crippen molar-refractivity contribution >= 4 is 16.5 Å². The Labute approximate surface area is 194 Å². The molecule has 0 aliphatic rings. The van der Waals surface area contributed by atoms with Crippen LogP contribution in [0.15, 0.2) is 95.2 Å². The number of alkyl halides is 3. The van der Waals surface area contributed by atoms with E-state index < -0.39 is 28.9 Å². The zero-order valence-electron chi connectivity index (χ0n) is 18.4. The zero-order chi connectivity index (χ0) is 24.0. The summed E-state index contributed by atoms with van der Waals surface area (Å²) in [4.78, 5) is 0.899. The van der Waals surface area contributed by atoms with Gasteiger partial charge in [0, 0.05) is 21.4 Å². The number of rotatable bonds is 9. The molecule has 7 heteroatoms. The lowest BCUT2D eigenvalue weighted by Gasteiger charge is -2.31. The Morgan fingerprint density at radius 2 is 1.67 bits per heavy atom. The van der Waals surface area contributed by atoms with Crippen LogP contribution in [-0.2, 0) is 10.8 Å². The fourth-order valence-electron chi connectivity index (χ4n) is 3.64. The van der Waals surface area contributed by atoms with Crippen LogP contribution in [0.3, 0.4) is 0 Å². The summed E-state index contributed by atoms with van der Waals surface area (Å²) in [5.41, 5.74) is 1.69. The van der Waals surface area contributed by atoms with Crippen LogP contribution in [0.4, 0.5) is 18.9 Å². The van der Waals surface area contributed by atoms with Gasteiger partial charge in [0.1, 0.15) is 11.8 Å². The summed E-state index contributed by atoms with van der Waals surface area (Å²) in [5, 5.41) is 2.64. The van der Waals surface area contributed by atoms with Crippen molar-refractivity contribution in [2.24, 2.45) is 0 Å². The van der Waals surface area contributed by atoms with E-state index in [1.807, 2.05) is 19.1 Å². The third kappa shape index (κ3) is 6.05. The highest BCUT2D eigenvalue weighted by molar-refractivity contribution is 7.85. The molecule has 3 atom stereocenters. The number of allylic oxidation sites excluding steroid dienone is 1. The van der Waals surface area contributed by atoms with Crippen LogP contribution in [0, 0.1) is 6.92 Å². The minimum absolute atomic E-state index is 0.0510. The number of methoxy groups -OCH3 is 1. The molecule has 0 saturated carbocycles. The van der Waals surface area contributed by atoms with E-state index >= 15 is 0 Å². The molecular weight excluding hydrogens is 447 g/mol. The highest BCUT2D eigenvalue weighted by Gasteiger charge is 2.45. The number of anilines is 1. The second kappa shape index (κ2) is 10.7. The first-order valence-corrected chi connectivity index (χ1v) is 11.5. The maximum absolute atomic E-state index is 14.3. The lowest BCUT2D eigenvalue weighted by molar-refractivity contribution is -0.147. The van der Waals surface area contributed by atoms with Gasteiger partial charge in [0.25, 0.3) is 0 Å². The van der Waals surface area contributed by atoms with Gasteiger partial charge in [-0.1, -0.05) is 42.0 Å². The van der Waals surface area contributed by atoms with Crippen LogP contribution in [0.25, 0.3) is 0 Å². The molecule has 0 aliphatic heterocycles. The Hall–Kier alpha value is -3.06. The van der Waals surface area contributed by atoms with E-state index in [1.165, 1.54) is 13.2 Å². The molecule has 0 amide bonds. The van der Waals surface area contributed by atoms with Crippen LogP contribution in [0.5, 0.6) is 5.75 Å². The summed E-state index contributed by atoms with van der Waals surface area (Å²) in [6, 6.07) is 18.1. The SMILES string of the molecule is C=CC[C@@H](c1ccccc1[S@@](=O)c1ccc(C)cc1)[C@H](Nc1ccc(OC)cc1)C(F)(F)F. The molecule has 1 N–H and O–H groups in total. The first kappa shape index (κ1) is 24.6. The van der Waals surface area contributed by atoms with Gasteiger partial charge >= 0.3 is 6.18 Å². The molecular formula is C26H26F3NO2S. The summed E-state index contributed by atoms with van der Waals surface area (Å²) in [7, 11) is -0.139. The first-order valence-electron chi connectivity index (χ1n) is 10.4. The predicted molar refractivity (Wildman–Crippen MR) is 126 cm³/mol. The van der Waals surface area contributed by atoms with E-state index in [-0.39, 0.29) is 6.42 Å². The summed E-state index contributed by atoms with van der Waals surface area (Å²) >= 11 is 0. The van der Waals surface area contributed by atoms with Gasteiger partial charge in [-0.2, -0.15) is 13.2 Å². The van der Waals surface area contributed by atoms with Crippen molar-refractivity contribution in [3.05, 3.63) is 96.6 Å². The molecule has 0 spiro atoms. The van der Waals surface area contributed by atoms with Gasteiger partial charge in [-0.15, -0.1) is 6.58 Å². The molecule has 0 saturated heterocycles. The summed E-state index contributed by atoms with van der Waals surface area (Å²) < 4.78 is 61.4. The van der Waals surface area contributed by atoms with Gasteiger partial charge in [0.15, 0.2) is 0 Å². The molecule has 3 rings (SSSR count). The van der Waals surface area contributed by atoms with E-state index in [2.05, 4.69) is 11.9 Å². The number of benzene rings is 3. The second-order valence-electron chi connectivity index (χ2n) is 7.64. The van der Waals surface area contributed by atoms with Crippen molar-refractivity contribution in [3.63, 3.8) is 0 Å². The molecule has 33 heavy (non-hydrogen) atoms. The average molecular weight is 474 g/mol. The Kier molecular flexibility index (Phi) is 7.97. The molecule has 0 heterocycles. The van der Waals surface area contributed by atoms with Gasteiger partial charge in [-0.3, -0.25) is 0 Å². The minimum Gasteiger partial charge on any atom is -0.497 e. The standard InChI is InChI=1S/C26H26F3NO2S/c1-4-7-23(25(26(27,28)29)30-19-12-14-20(32-3)15-13-19)22-8-5-6-9-24(22)33(31)21-16-10-18(2)11-17-21/h4-6,8-17,23,25,30H,1,7H2,2-3H3/t23-,25-,33-/m0/s1. The van der Waals surface area contributed by atoms with Crippen LogP contribution < -0.4 is 10.1 Å². The zero-order valence-corrected chi connectivity index (χ0v) is 19.2. The molecule has 3 aromatic rings. The Balaban J connectivity index is 2.04. The van der Waals surface area contributed by atoms with Gasteiger partial charge in [0.2, 0.25) is 0 Å². The maximum Gasteiger partial charge on any atom is 0.409 e. The number of ether oxygens (including phenoxy) is 1. The fraction of sp³-hybridized carbons (Fsp3) is 0.231. The summed E-state index contributed by atoms with van der Waals surface area (Å²) in [5.74, 6) is -0.485. The Morgan fingerprint density at radius 3 is 2.24 bits per heavy atom.